The average Bonchev–Trinajstić information content (AvgIpc) is 2.70. The van der Waals surface area contributed by atoms with Crippen molar-refractivity contribution in [2.24, 2.45) is 0 Å². The van der Waals surface area contributed by atoms with Crippen molar-refractivity contribution in [3.8, 4) is 0 Å². The van der Waals surface area contributed by atoms with E-state index in [1.807, 2.05) is 0 Å². The average molecular weight is 457 g/mol. The minimum atomic E-state index is -1.59. The summed E-state index contributed by atoms with van der Waals surface area (Å²) in [6, 6.07) is 3.23. The first-order valence-electron chi connectivity index (χ1n) is 9.83. The van der Waals surface area contributed by atoms with E-state index in [0.29, 0.717) is 18.9 Å². The molecule has 9 heteroatoms. The van der Waals surface area contributed by atoms with Crippen molar-refractivity contribution in [3.63, 3.8) is 0 Å². The van der Waals surface area contributed by atoms with Crippen LogP contribution >= 0.6 is 11.6 Å². The molecule has 1 aliphatic carbocycles. The molecule has 2 aromatic rings. The van der Waals surface area contributed by atoms with Crippen LogP contribution in [-0.4, -0.2) is 23.2 Å². The normalized spacial score (nSPS) is 19.5. The van der Waals surface area contributed by atoms with Gasteiger partial charge in [0.05, 0.1) is 5.38 Å². The van der Waals surface area contributed by atoms with Crippen molar-refractivity contribution < 1.29 is 27.2 Å². The number of hydrogen-bond donors (Lipinski definition) is 1. The van der Waals surface area contributed by atoms with Gasteiger partial charge in [-0.3, -0.25) is 14.5 Å². The third-order valence-electron chi connectivity index (χ3n) is 5.29. The molecule has 31 heavy (non-hydrogen) atoms. The summed E-state index contributed by atoms with van der Waals surface area (Å²) in [5.74, 6) is -5.79. The van der Waals surface area contributed by atoms with E-state index in [1.54, 1.807) is 0 Å². The second-order valence-corrected chi connectivity index (χ2v) is 8.03. The summed E-state index contributed by atoms with van der Waals surface area (Å²) in [5.41, 5.74) is -0.442. The third kappa shape index (κ3) is 5.18. The van der Waals surface area contributed by atoms with Crippen molar-refractivity contribution in [3.05, 3.63) is 65.2 Å². The van der Waals surface area contributed by atoms with E-state index < -0.39 is 47.2 Å². The Morgan fingerprint density at radius 3 is 2.32 bits per heavy atom. The Morgan fingerprint density at radius 2 is 1.71 bits per heavy atom. The van der Waals surface area contributed by atoms with Crippen LogP contribution in [0.2, 0.25) is 0 Å². The zero-order chi connectivity index (χ0) is 22.7. The van der Waals surface area contributed by atoms with Crippen LogP contribution in [0.15, 0.2) is 36.4 Å². The molecule has 3 atom stereocenters. The van der Waals surface area contributed by atoms with Crippen LogP contribution in [0.1, 0.15) is 44.2 Å². The van der Waals surface area contributed by atoms with Gasteiger partial charge in [0, 0.05) is 36.3 Å². The standard InChI is InChI=1S/C22H21ClF4N2O2/c1-12(30)29(14-7-9-17(25)19(27)11-14)21(15-8-6-13(24)10-18(15)26)22(31)28-20-5-3-2-4-16(20)23/h6-11,16,20-21H,2-5H2,1H3,(H,28,31). The van der Waals surface area contributed by atoms with E-state index in [2.05, 4.69) is 5.32 Å². The van der Waals surface area contributed by atoms with E-state index in [4.69, 9.17) is 11.6 Å². The zero-order valence-corrected chi connectivity index (χ0v) is 17.4. The highest BCUT2D eigenvalue weighted by Crippen LogP contribution is 2.32. The number of hydrogen-bond acceptors (Lipinski definition) is 2. The molecule has 0 aliphatic heterocycles. The van der Waals surface area contributed by atoms with Crippen molar-refractivity contribution in [1.29, 1.82) is 0 Å². The maximum absolute atomic E-state index is 14.7. The lowest BCUT2D eigenvalue weighted by Gasteiger charge is -2.34. The highest BCUT2D eigenvalue weighted by molar-refractivity contribution is 6.21. The van der Waals surface area contributed by atoms with Gasteiger partial charge >= 0.3 is 0 Å². The molecule has 4 nitrogen and oxygen atoms in total. The molecule has 0 spiro atoms. The molecule has 2 amide bonds. The molecule has 2 aromatic carbocycles. The first-order chi connectivity index (χ1) is 14.7. The molecule has 0 aromatic heterocycles. The van der Waals surface area contributed by atoms with Crippen LogP contribution in [-0.2, 0) is 9.59 Å². The molecular formula is C22H21ClF4N2O2. The fraction of sp³-hybridized carbons (Fsp3) is 0.364. The van der Waals surface area contributed by atoms with Crippen LogP contribution in [0.25, 0.3) is 0 Å². The largest absolute Gasteiger partial charge is 0.350 e. The number of carbonyl (C=O) groups excluding carboxylic acids is 2. The van der Waals surface area contributed by atoms with Gasteiger partial charge in [0.15, 0.2) is 11.6 Å². The summed E-state index contributed by atoms with van der Waals surface area (Å²) >= 11 is 6.32. The van der Waals surface area contributed by atoms with Gasteiger partial charge in [0.2, 0.25) is 11.8 Å². The second kappa shape index (κ2) is 9.68. The first kappa shape index (κ1) is 23.1. The van der Waals surface area contributed by atoms with Crippen molar-refractivity contribution in [2.45, 2.75) is 50.1 Å². The summed E-state index contributed by atoms with van der Waals surface area (Å²) in [5, 5.41) is 2.40. The van der Waals surface area contributed by atoms with Crippen molar-refractivity contribution in [2.75, 3.05) is 4.90 Å². The van der Waals surface area contributed by atoms with E-state index >= 15 is 0 Å². The number of nitrogens with zero attached hydrogens (tertiary/aromatic N) is 1. The fourth-order valence-electron chi connectivity index (χ4n) is 3.78. The van der Waals surface area contributed by atoms with Gasteiger partial charge in [0.1, 0.15) is 17.7 Å². The van der Waals surface area contributed by atoms with E-state index in [9.17, 15) is 27.2 Å². The van der Waals surface area contributed by atoms with E-state index in [1.165, 1.54) is 0 Å². The molecule has 3 unspecified atom stereocenters. The second-order valence-electron chi connectivity index (χ2n) is 7.47. The Hall–Kier alpha value is -2.61. The molecule has 3 rings (SSSR count). The number of halogens is 5. The Labute approximate surface area is 182 Å². The zero-order valence-electron chi connectivity index (χ0n) is 16.7. The van der Waals surface area contributed by atoms with Crippen LogP contribution < -0.4 is 10.2 Å². The van der Waals surface area contributed by atoms with Gasteiger partial charge in [-0.1, -0.05) is 18.9 Å². The highest BCUT2D eigenvalue weighted by atomic mass is 35.5. The molecular weight excluding hydrogens is 436 g/mol. The highest BCUT2D eigenvalue weighted by Gasteiger charge is 2.36. The molecule has 166 valence electrons. The quantitative estimate of drug-likeness (QED) is 0.508. The Kier molecular flexibility index (Phi) is 7.20. The SMILES string of the molecule is CC(=O)N(c1ccc(F)c(F)c1)C(C(=O)NC1CCCCC1Cl)c1ccc(F)cc1F. The summed E-state index contributed by atoms with van der Waals surface area (Å²) < 4.78 is 55.5. The molecule has 1 N–H and O–H groups in total. The molecule has 0 radical (unpaired) electrons. The van der Waals surface area contributed by atoms with Crippen LogP contribution in [0.5, 0.6) is 0 Å². The number of carbonyl (C=O) groups is 2. The summed E-state index contributed by atoms with van der Waals surface area (Å²) in [7, 11) is 0. The Bertz CT molecular complexity index is 988. The van der Waals surface area contributed by atoms with Crippen molar-refractivity contribution >= 4 is 29.1 Å². The number of nitrogens with one attached hydrogen (secondary N) is 1. The Morgan fingerprint density at radius 1 is 1.00 bits per heavy atom. The van der Waals surface area contributed by atoms with Gasteiger partial charge in [-0.05, 0) is 31.0 Å². The maximum Gasteiger partial charge on any atom is 0.248 e. The summed E-state index contributed by atoms with van der Waals surface area (Å²) in [6.07, 6.45) is 3.03. The first-order valence-corrected chi connectivity index (χ1v) is 10.3. The molecule has 0 bridgehead atoms. The summed E-state index contributed by atoms with van der Waals surface area (Å²) in [4.78, 5) is 26.6. The van der Waals surface area contributed by atoms with Crippen LogP contribution in [0, 0.1) is 23.3 Å². The minimum Gasteiger partial charge on any atom is -0.350 e. The smallest absolute Gasteiger partial charge is 0.248 e. The lowest BCUT2D eigenvalue weighted by molar-refractivity contribution is -0.126. The molecule has 1 aliphatic rings. The monoisotopic (exact) mass is 456 g/mol. The fourth-order valence-corrected chi connectivity index (χ4v) is 4.12. The van der Waals surface area contributed by atoms with Gasteiger partial charge in [-0.2, -0.15) is 0 Å². The number of amides is 2. The van der Waals surface area contributed by atoms with Crippen LogP contribution in [0.4, 0.5) is 23.2 Å². The number of rotatable bonds is 5. The Balaban J connectivity index is 2.07. The van der Waals surface area contributed by atoms with E-state index in [-0.39, 0.29) is 16.6 Å². The summed E-state index contributed by atoms with van der Waals surface area (Å²) in [6.45, 7) is 1.11. The third-order valence-corrected chi connectivity index (χ3v) is 5.82. The molecule has 0 heterocycles. The van der Waals surface area contributed by atoms with Gasteiger partial charge < -0.3 is 5.32 Å². The predicted octanol–water partition coefficient (Wildman–Crippen LogP) is 5.00. The number of alkyl halides is 1. The lowest BCUT2D eigenvalue weighted by Crippen LogP contribution is -2.49. The van der Waals surface area contributed by atoms with Gasteiger partial charge in [0.25, 0.3) is 0 Å². The van der Waals surface area contributed by atoms with Gasteiger partial charge in [-0.25, -0.2) is 17.6 Å². The molecule has 0 saturated heterocycles. The maximum atomic E-state index is 14.7. The van der Waals surface area contributed by atoms with E-state index in [0.717, 1.165) is 55.0 Å². The predicted molar refractivity (Wildman–Crippen MR) is 109 cm³/mol. The minimum absolute atomic E-state index is 0.152. The lowest BCUT2D eigenvalue weighted by atomic mass is 9.94. The van der Waals surface area contributed by atoms with Crippen LogP contribution in [0.3, 0.4) is 0 Å². The molecule has 1 fully saturated rings. The van der Waals surface area contributed by atoms with Gasteiger partial charge in [-0.15, -0.1) is 11.6 Å². The molecule has 1 saturated carbocycles. The van der Waals surface area contributed by atoms with Crippen molar-refractivity contribution in [1.82, 2.24) is 5.32 Å². The number of benzene rings is 2. The number of anilines is 1. The topological polar surface area (TPSA) is 49.4 Å².